The molecule has 4 rings (SSSR count). The maximum Gasteiger partial charge on any atom is 0.224 e. The number of halogens is 1. The van der Waals surface area contributed by atoms with Crippen molar-refractivity contribution in [3.05, 3.63) is 33.9 Å². The molecule has 0 bridgehead atoms. The zero-order valence-corrected chi connectivity index (χ0v) is 16.5. The predicted molar refractivity (Wildman–Crippen MR) is 105 cm³/mol. The quantitative estimate of drug-likeness (QED) is 0.762. The number of likely N-dealkylation sites (N-methyl/N-ethyl adjacent to an activating group) is 1. The van der Waals surface area contributed by atoms with Gasteiger partial charge in [-0.25, -0.2) is 0 Å². The Morgan fingerprint density at radius 2 is 2.28 bits per heavy atom. The Morgan fingerprint density at radius 3 is 3.08 bits per heavy atom. The smallest absolute Gasteiger partial charge is 0.224 e. The van der Waals surface area contributed by atoms with E-state index in [9.17, 15) is 4.79 Å². The van der Waals surface area contributed by atoms with Crippen LogP contribution in [0, 0.1) is 5.92 Å². The number of carbonyl (C=O) groups is 1. The van der Waals surface area contributed by atoms with Crippen LogP contribution in [-0.4, -0.2) is 42.0 Å². The molecule has 2 N–H and O–H groups in total. The van der Waals surface area contributed by atoms with Crippen LogP contribution in [0.5, 0.6) is 0 Å². The maximum atomic E-state index is 12.6. The van der Waals surface area contributed by atoms with Crippen LogP contribution in [0.25, 0.3) is 10.9 Å². The van der Waals surface area contributed by atoms with E-state index < -0.39 is 0 Å². The van der Waals surface area contributed by atoms with Crippen LogP contribution in [0.2, 0.25) is 0 Å². The molecule has 1 aliphatic heterocycles. The van der Waals surface area contributed by atoms with Crippen LogP contribution >= 0.6 is 15.9 Å². The fraction of sp³-hybridized carbons (Fsp3) is 0.550. The number of likely N-dealkylation sites (tertiary alicyclic amines) is 1. The number of hydrogen-bond acceptors (Lipinski definition) is 2. The SMILES string of the molecule is CCCCNC(=O)[C@H]1C[C@H]2c3cccc4[nH]c(Br)c(c34)C[C@@H]2N(C)C1. The van der Waals surface area contributed by atoms with Gasteiger partial charge in [0, 0.05) is 36.0 Å². The molecule has 1 saturated heterocycles. The van der Waals surface area contributed by atoms with Gasteiger partial charge in [0.2, 0.25) is 5.91 Å². The number of unbranched alkanes of at least 4 members (excludes halogenated alkanes) is 1. The van der Waals surface area contributed by atoms with Gasteiger partial charge in [-0.2, -0.15) is 0 Å². The summed E-state index contributed by atoms with van der Waals surface area (Å²) in [6.07, 6.45) is 4.17. The Hall–Kier alpha value is -1.33. The van der Waals surface area contributed by atoms with Crippen molar-refractivity contribution in [2.75, 3.05) is 20.1 Å². The Bertz CT molecular complexity index is 800. The van der Waals surface area contributed by atoms with E-state index in [2.05, 4.69) is 63.3 Å². The molecule has 1 aromatic carbocycles. The summed E-state index contributed by atoms with van der Waals surface area (Å²) < 4.78 is 1.11. The average Bonchev–Trinajstić information content (AvgIpc) is 2.93. The number of carbonyl (C=O) groups excluding carboxylic acids is 1. The van der Waals surface area contributed by atoms with Crippen molar-refractivity contribution < 1.29 is 4.79 Å². The summed E-state index contributed by atoms with van der Waals surface area (Å²) in [4.78, 5) is 18.5. The van der Waals surface area contributed by atoms with E-state index in [-0.39, 0.29) is 11.8 Å². The molecule has 1 aromatic heterocycles. The number of H-pyrrole nitrogens is 1. The second kappa shape index (κ2) is 6.76. The van der Waals surface area contributed by atoms with Crippen LogP contribution in [-0.2, 0) is 11.2 Å². The summed E-state index contributed by atoms with van der Waals surface area (Å²) in [5.41, 5.74) is 4.00. The summed E-state index contributed by atoms with van der Waals surface area (Å²) in [5.74, 6) is 0.744. The van der Waals surface area contributed by atoms with Crippen molar-refractivity contribution in [1.82, 2.24) is 15.2 Å². The molecule has 2 aromatic rings. The largest absolute Gasteiger partial charge is 0.356 e. The Morgan fingerprint density at radius 1 is 1.44 bits per heavy atom. The third kappa shape index (κ3) is 2.91. The van der Waals surface area contributed by atoms with E-state index in [1.165, 1.54) is 22.0 Å². The van der Waals surface area contributed by atoms with Crippen LogP contribution in [0.3, 0.4) is 0 Å². The number of fused-ring (bicyclic) bond motifs is 2. The monoisotopic (exact) mass is 403 g/mol. The van der Waals surface area contributed by atoms with Gasteiger partial charge in [-0.3, -0.25) is 4.79 Å². The van der Waals surface area contributed by atoms with Crippen molar-refractivity contribution in [2.45, 2.75) is 44.6 Å². The summed E-state index contributed by atoms with van der Waals surface area (Å²) in [6.45, 7) is 3.81. The van der Waals surface area contributed by atoms with Crippen LogP contribution in [0.1, 0.15) is 43.2 Å². The first-order valence-electron chi connectivity index (χ1n) is 9.37. The molecule has 134 valence electrons. The zero-order valence-electron chi connectivity index (χ0n) is 14.9. The number of hydrogen-bond donors (Lipinski definition) is 2. The van der Waals surface area contributed by atoms with Crippen LogP contribution in [0.4, 0.5) is 0 Å². The highest BCUT2D eigenvalue weighted by atomic mass is 79.9. The average molecular weight is 404 g/mol. The molecule has 0 saturated carbocycles. The summed E-state index contributed by atoms with van der Waals surface area (Å²) >= 11 is 3.71. The molecule has 1 amide bonds. The fourth-order valence-electron chi connectivity index (χ4n) is 4.71. The van der Waals surface area contributed by atoms with Crippen molar-refractivity contribution in [3.8, 4) is 0 Å². The fourth-order valence-corrected chi connectivity index (χ4v) is 5.28. The van der Waals surface area contributed by atoms with Gasteiger partial charge in [-0.1, -0.05) is 25.5 Å². The summed E-state index contributed by atoms with van der Waals surface area (Å²) in [6, 6.07) is 7.02. The van der Waals surface area contributed by atoms with E-state index in [4.69, 9.17) is 0 Å². The van der Waals surface area contributed by atoms with Crippen molar-refractivity contribution in [1.29, 1.82) is 0 Å². The number of rotatable bonds is 4. The summed E-state index contributed by atoms with van der Waals surface area (Å²) in [7, 11) is 2.18. The molecule has 1 fully saturated rings. The number of benzene rings is 1. The lowest BCUT2D eigenvalue weighted by molar-refractivity contribution is -0.127. The minimum absolute atomic E-state index is 0.0855. The molecule has 0 unspecified atom stereocenters. The van der Waals surface area contributed by atoms with Crippen LogP contribution in [0.15, 0.2) is 22.8 Å². The highest BCUT2D eigenvalue weighted by Crippen LogP contribution is 2.46. The van der Waals surface area contributed by atoms with Gasteiger partial charge in [-0.05, 0) is 59.4 Å². The molecule has 1 aliphatic carbocycles. The van der Waals surface area contributed by atoms with E-state index in [1.807, 2.05) is 0 Å². The van der Waals surface area contributed by atoms with E-state index >= 15 is 0 Å². The molecule has 5 heteroatoms. The van der Waals surface area contributed by atoms with Gasteiger partial charge in [0.1, 0.15) is 0 Å². The first-order chi connectivity index (χ1) is 12.1. The predicted octanol–water partition coefficient (Wildman–Crippen LogP) is 3.81. The lowest BCUT2D eigenvalue weighted by Crippen LogP contribution is -2.51. The first kappa shape index (κ1) is 17.1. The minimum Gasteiger partial charge on any atom is -0.356 e. The molecule has 0 radical (unpaired) electrons. The van der Waals surface area contributed by atoms with E-state index in [0.29, 0.717) is 12.0 Å². The number of amides is 1. The number of aromatic amines is 1. The second-order valence-corrected chi connectivity index (χ2v) is 8.38. The molecule has 2 aliphatic rings. The van der Waals surface area contributed by atoms with E-state index in [1.54, 1.807) is 0 Å². The Kier molecular flexibility index (Phi) is 4.63. The topological polar surface area (TPSA) is 48.1 Å². The first-order valence-corrected chi connectivity index (χ1v) is 10.2. The van der Waals surface area contributed by atoms with Crippen LogP contribution < -0.4 is 5.32 Å². The Balaban J connectivity index is 1.63. The molecule has 4 nitrogen and oxygen atoms in total. The highest BCUT2D eigenvalue weighted by molar-refractivity contribution is 9.10. The third-order valence-electron chi connectivity index (χ3n) is 6.00. The van der Waals surface area contributed by atoms with E-state index in [0.717, 1.165) is 43.4 Å². The third-order valence-corrected chi connectivity index (χ3v) is 6.68. The van der Waals surface area contributed by atoms with Gasteiger partial charge < -0.3 is 15.2 Å². The zero-order chi connectivity index (χ0) is 17.6. The molecule has 0 spiro atoms. The number of nitrogens with one attached hydrogen (secondary N) is 2. The van der Waals surface area contributed by atoms with Gasteiger partial charge in [0.25, 0.3) is 0 Å². The van der Waals surface area contributed by atoms with Gasteiger partial charge >= 0.3 is 0 Å². The van der Waals surface area contributed by atoms with Gasteiger partial charge in [0.15, 0.2) is 0 Å². The van der Waals surface area contributed by atoms with Crippen molar-refractivity contribution in [2.24, 2.45) is 5.92 Å². The molecule has 2 heterocycles. The van der Waals surface area contributed by atoms with Gasteiger partial charge in [-0.15, -0.1) is 0 Å². The van der Waals surface area contributed by atoms with Crippen molar-refractivity contribution >= 4 is 32.7 Å². The lowest BCUT2D eigenvalue weighted by Gasteiger charge is -2.45. The molecular weight excluding hydrogens is 378 g/mol. The second-order valence-electron chi connectivity index (χ2n) is 7.58. The molecule has 25 heavy (non-hydrogen) atoms. The standard InChI is InChI=1S/C20H26BrN3O/c1-3-4-8-22-20(25)12-9-14-13-6-5-7-16-18(13)15(19(21)23-16)10-17(14)24(2)11-12/h5-7,12,14,17,23H,3-4,8-11H2,1-2H3,(H,22,25)/t12-,14-,17-/m0/s1. The lowest BCUT2D eigenvalue weighted by atomic mass is 9.72. The highest BCUT2D eigenvalue weighted by Gasteiger charge is 2.41. The molecule has 3 atom stereocenters. The number of aromatic nitrogens is 1. The van der Waals surface area contributed by atoms with Gasteiger partial charge in [0.05, 0.1) is 10.5 Å². The Labute approximate surface area is 157 Å². The maximum absolute atomic E-state index is 12.6. The van der Waals surface area contributed by atoms with Crippen molar-refractivity contribution in [3.63, 3.8) is 0 Å². The number of nitrogens with zero attached hydrogens (tertiary/aromatic N) is 1. The molecular formula is C20H26BrN3O. The minimum atomic E-state index is 0.0855. The summed E-state index contributed by atoms with van der Waals surface area (Å²) in [5, 5.41) is 4.51. The normalized spacial score (nSPS) is 25.8. The number of piperidine rings is 1.